The summed E-state index contributed by atoms with van der Waals surface area (Å²) in [5.74, 6) is 1.10. The molecule has 4 rings (SSSR count). The molecular weight excluding hydrogens is 372 g/mol. The van der Waals surface area contributed by atoms with Crippen LogP contribution in [0.1, 0.15) is 46.6 Å². The van der Waals surface area contributed by atoms with Gasteiger partial charge in [-0.15, -0.1) is 0 Å². The highest BCUT2D eigenvalue weighted by Crippen LogP contribution is 2.44. The quantitative estimate of drug-likeness (QED) is 0.686. The third-order valence-electron chi connectivity index (χ3n) is 5.33. The zero-order valence-corrected chi connectivity index (χ0v) is 16.8. The summed E-state index contributed by atoms with van der Waals surface area (Å²) in [6.45, 7) is 4.51. The van der Waals surface area contributed by atoms with Crippen molar-refractivity contribution in [2.45, 2.75) is 19.3 Å². The summed E-state index contributed by atoms with van der Waals surface area (Å²) in [6.07, 6.45) is 1.65. The summed E-state index contributed by atoms with van der Waals surface area (Å²) in [5.41, 5.74) is 3.99. The van der Waals surface area contributed by atoms with Crippen LogP contribution in [-0.4, -0.2) is 33.9 Å². The highest BCUT2D eigenvalue weighted by Gasteiger charge is 2.39. The van der Waals surface area contributed by atoms with Crippen molar-refractivity contribution in [3.63, 3.8) is 0 Å². The first-order valence-electron chi connectivity index (χ1n) is 9.01. The third-order valence-corrected chi connectivity index (χ3v) is 6.07. The van der Waals surface area contributed by atoms with Crippen LogP contribution in [0.25, 0.3) is 10.9 Å². The molecule has 0 saturated heterocycles. The largest absolute Gasteiger partial charge is 0.616 e. The maximum absolute atomic E-state index is 13.3. The SMILES string of the molecule is C[S@@+]([O-])CCOc1ccc2c(c1)C(C)(C)c1[nH]c3cc(C#N)ccc3c1C2=O. The predicted octanol–water partition coefficient (Wildman–Crippen LogP) is 3.67. The maximum Gasteiger partial charge on any atom is 0.195 e. The van der Waals surface area contributed by atoms with Crippen LogP contribution in [0.3, 0.4) is 0 Å². The maximum atomic E-state index is 13.3. The summed E-state index contributed by atoms with van der Waals surface area (Å²) in [5, 5.41) is 10.0. The van der Waals surface area contributed by atoms with Crippen LogP contribution >= 0.6 is 0 Å². The molecule has 0 bridgehead atoms. The van der Waals surface area contributed by atoms with Crippen molar-refractivity contribution in [3.8, 4) is 11.8 Å². The van der Waals surface area contributed by atoms with Crippen LogP contribution in [0.5, 0.6) is 5.75 Å². The van der Waals surface area contributed by atoms with Gasteiger partial charge >= 0.3 is 0 Å². The Labute approximate surface area is 166 Å². The molecule has 1 aromatic heterocycles. The highest BCUT2D eigenvalue weighted by molar-refractivity contribution is 7.90. The fraction of sp³-hybridized carbons (Fsp3) is 0.273. The molecule has 142 valence electrons. The molecule has 1 aliphatic rings. The Hall–Kier alpha value is -2.75. The lowest BCUT2D eigenvalue weighted by molar-refractivity contribution is 0.103. The minimum absolute atomic E-state index is 0.0264. The van der Waals surface area contributed by atoms with Gasteiger partial charge in [0.05, 0.1) is 23.5 Å². The number of aromatic nitrogens is 1. The number of rotatable bonds is 4. The summed E-state index contributed by atoms with van der Waals surface area (Å²) in [7, 11) is 0. The van der Waals surface area contributed by atoms with Crippen LogP contribution in [0, 0.1) is 11.3 Å². The predicted molar refractivity (Wildman–Crippen MR) is 109 cm³/mol. The molecule has 2 aromatic carbocycles. The number of hydrogen-bond acceptors (Lipinski definition) is 4. The Morgan fingerprint density at radius 1 is 1.25 bits per heavy atom. The van der Waals surface area contributed by atoms with Crippen molar-refractivity contribution >= 4 is 27.9 Å². The standard InChI is InChI=1S/C22H20N2O3S/c1-22(2)17-11-14(27-8-9-28(3)26)5-7-15(17)20(25)19-16-6-4-13(12-23)10-18(16)24-21(19)22/h4-7,10-11,24H,8-9H2,1-3H3/t28-/m1/s1. The van der Waals surface area contributed by atoms with E-state index in [1.807, 2.05) is 18.2 Å². The lowest BCUT2D eigenvalue weighted by Crippen LogP contribution is -2.30. The number of aromatic amines is 1. The number of nitriles is 1. The third kappa shape index (κ3) is 2.88. The van der Waals surface area contributed by atoms with Crippen molar-refractivity contribution < 1.29 is 14.1 Å². The van der Waals surface area contributed by atoms with Gasteiger partial charge in [0.15, 0.2) is 5.78 Å². The molecule has 0 radical (unpaired) electrons. The number of hydrogen-bond donors (Lipinski definition) is 1. The van der Waals surface area contributed by atoms with Gasteiger partial charge < -0.3 is 14.3 Å². The van der Waals surface area contributed by atoms with E-state index in [2.05, 4.69) is 24.9 Å². The lowest BCUT2D eigenvalue weighted by Gasteiger charge is -2.32. The Bertz CT molecular complexity index is 1140. The number of carbonyl (C=O) groups is 1. The number of nitrogens with one attached hydrogen (secondary N) is 1. The van der Waals surface area contributed by atoms with Crippen LogP contribution < -0.4 is 4.74 Å². The number of carbonyl (C=O) groups excluding carboxylic acids is 1. The van der Waals surface area contributed by atoms with E-state index in [9.17, 15) is 9.35 Å². The average Bonchev–Trinajstić information content (AvgIpc) is 3.06. The molecule has 6 heteroatoms. The molecule has 0 amide bonds. The van der Waals surface area contributed by atoms with E-state index in [0.717, 1.165) is 22.2 Å². The molecule has 0 fully saturated rings. The summed E-state index contributed by atoms with van der Waals surface area (Å²) in [6, 6.07) is 13.0. The van der Waals surface area contributed by atoms with Crippen molar-refractivity contribution in [1.29, 1.82) is 5.26 Å². The second kappa shape index (κ2) is 6.69. The Morgan fingerprint density at radius 3 is 2.75 bits per heavy atom. The van der Waals surface area contributed by atoms with Crippen molar-refractivity contribution in [1.82, 2.24) is 4.98 Å². The van der Waals surface area contributed by atoms with Gasteiger partial charge in [-0.05, 0) is 35.9 Å². The normalized spacial score (nSPS) is 15.6. The monoisotopic (exact) mass is 392 g/mol. The van der Waals surface area contributed by atoms with Crippen LogP contribution in [-0.2, 0) is 16.6 Å². The molecule has 1 heterocycles. The van der Waals surface area contributed by atoms with E-state index in [4.69, 9.17) is 10.00 Å². The van der Waals surface area contributed by atoms with E-state index in [0.29, 0.717) is 34.8 Å². The van der Waals surface area contributed by atoms with Crippen molar-refractivity contribution in [2.75, 3.05) is 18.6 Å². The number of fused-ring (bicyclic) bond motifs is 4. The average molecular weight is 392 g/mol. The first-order valence-corrected chi connectivity index (χ1v) is 10.7. The topological polar surface area (TPSA) is 88.9 Å². The van der Waals surface area contributed by atoms with Gasteiger partial charge in [-0.3, -0.25) is 4.79 Å². The van der Waals surface area contributed by atoms with Gasteiger partial charge in [0.25, 0.3) is 0 Å². The first-order chi connectivity index (χ1) is 13.3. The Morgan fingerprint density at radius 2 is 2.04 bits per heavy atom. The van der Waals surface area contributed by atoms with E-state index in [1.165, 1.54) is 0 Å². The van der Waals surface area contributed by atoms with Gasteiger partial charge in [-0.25, -0.2) is 0 Å². The van der Waals surface area contributed by atoms with E-state index in [1.54, 1.807) is 24.5 Å². The van der Waals surface area contributed by atoms with Crippen LogP contribution in [0.4, 0.5) is 0 Å². The van der Waals surface area contributed by atoms with E-state index in [-0.39, 0.29) is 5.78 Å². The molecular formula is C22H20N2O3S. The molecule has 0 spiro atoms. The van der Waals surface area contributed by atoms with Crippen LogP contribution in [0.15, 0.2) is 36.4 Å². The van der Waals surface area contributed by atoms with Gasteiger partial charge in [0.2, 0.25) is 0 Å². The summed E-state index contributed by atoms with van der Waals surface area (Å²) >= 11 is -0.911. The second-order valence-electron chi connectivity index (χ2n) is 7.53. The zero-order chi connectivity index (χ0) is 20.1. The second-order valence-corrected chi connectivity index (χ2v) is 9.09. The zero-order valence-electron chi connectivity index (χ0n) is 16.0. The molecule has 0 unspecified atom stereocenters. The lowest BCUT2D eigenvalue weighted by atomic mass is 9.71. The van der Waals surface area contributed by atoms with Gasteiger partial charge in [0.1, 0.15) is 18.1 Å². The van der Waals surface area contributed by atoms with Gasteiger partial charge in [-0.1, -0.05) is 31.1 Å². The minimum atomic E-state index is -0.911. The Kier molecular flexibility index (Phi) is 4.45. The van der Waals surface area contributed by atoms with E-state index >= 15 is 0 Å². The number of ether oxygens (including phenoxy) is 1. The van der Waals surface area contributed by atoms with Gasteiger partial charge in [0, 0.05) is 27.6 Å². The highest BCUT2D eigenvalue weighted by atomic mass is 32.2. The first kappa shape index (κ1) is 18.6. The molecule has 1 atom stereocenters. The molecule has 1 aliphatic carbocycles. The summed E-state index contributed by atoms with van der Waals surface area (Å²) < 4.78 is 17.0. The van der Waals surface area contributed by atoms with Crippen LogP contribution in [0.2, 0.25) is 0 Å². The molecule has 1 N–H and O–H groups in total. The molecule has 0 aliphatic heterocycles. The number of nitrogens with zero attached hydrogens (tertiary/aromatic N) is 1. The van der Waals surface area contributed by atoms with Crippen molar-refractivity contribution in [3.05, 3.63) is 64.3 Å². The van der Waals surface area contributed by atoms with Crippen molar-refractivity contribution in [2.24, 2.45) is 0 Å². The fourth-order valence-corrected chi connectivity index (χ4v) is 4.16. The van der Waals surface area contributed by atoms with Gasteiger partial charge in [-0.2, -0.15) is 5.26 Å². The van der Waals surface area contributed by atoms with E-state index < -0.39 is 16.6 Å². The smallest absolute Gasteiger partial charge is 0.195 e. The summed E-state index contributed by atoms with van der Waals surface area (Å²) in [4.78, 5) is 16.7. The molecule has 5 nitrogen and oxygen atoms in total. The Balaban J connectivity index is 1.81. The molecule has 28 heavy (non-hydrogen) atoms. The molecule has 3 aromatic rings. The minimum Gasteiger partial charge on any atom is -0.616 e. The number of ketones is 1. The number of H-pyrrole nitrogens is 1. The molecule has 0 saturated carbocycles. The fourth-order valence-electron chi connectivity index (χ4n) is 3.85. The number of benzene rings is 2.